The minimum Gasteiger partial charge on any atom is -0.327 e. The number of hydrogen-bond donors (Lipinski definition) is 2. The average Bonchev–Trinajstić information content (AvgIpc) is 1.83. The second-order valence-electron chi connectivity index (χ2n) is 1.28. The molecule has 50 valence electrons. The Bertz CT molecular complexity index is 51.3. The summed E-state index contributed by atoms with van der Waals surface area (Å²) < 4.78 is 0. The molecule has 0 saturated heterocycles. The summed E-state index contributed by atoms with van der Waals surface area (Å²) in [5.74, 6) is 0. The fourth-order valence-corrected chi connectivity index (χ4v) is 0.195. The van der Waals surface area contributed by atoms with Gasteiger partial charge in [-0.25, -0.2) is 9.78 Å². The molecule has 0 aromatic carbocycles. The van der Waals surface area contributed by atoms with Crippen molar-refractivity contribution < 1.29 is 9.78 Å². The molecule has 0 fully saturated rings. The van der Waals surface area contributed by atoms with Crippen molar-refractivity contribution in [3.63, 3.8) is 0 Å². The lowest BCUT2D eigenvalue weighted by Gasteiger charge is -2.06. The Morgan fingerprint density at radius 3 is 2.62 bits per heavy atom. The fraction of sp³-hybridized carbons (Fsp3) is 1.00. The molecule has 1 atom stereocenters. The minimum absolute atomic E-state index is 0.278. The van der Waals surface area contributed by atoms with Gasteiger partial charge in [0, 0.05) is 6.54 Å². The summed E-state index contributed by atoms with van der Waals surface area (Å²) in [6.07, 6.45) is -0.491. The second kappa shape index (κ2) is 4.99. The van der Waals surface area contributed by atoms with Gasteiger partial charge in [-0.05, 0) is 6.92 Å². The number of nitrogens with two attached hydrogens (primary N) is 2. The first-order valence-electron chi connectivity index (χ1n) is 2.55. The molecular formula is C4H12N2O2. The van der Waals surface area contributed by atoms with Gasteiger partial charge in [0.15, 0.2) is 6.23 Å². The van der Waals surface area contributed by atoms with Gasteiger partial charge in [0.05, 0.1) is 6.61 Å². The second-order valence-corrected chi connectivity index (χ2v) is 1.28. The van der Waals surface area contributed by atoms with E-state index in [0.717, 1.165) is 0 Å². The quantitative estimate of drug-likeness (QED) is 0.289. The van der Waals surface area contributed by atoms with Crippen molar-refractivity contribution in [3.05, 3.63) is 0 Å². The van der Waals surface area contributed by atoms with Gasteiger partial charge in [-0.3, -0.25) is 0 Å². The lowest BCUT2D eigenvalue weighted by atomic mass is 10.6. The normalized spacial score (nSPS) is 13.9. The molecule has 8 heavy (non-hydrogen) atoms. The maximum Gasteiger partial charge on any atom is 0.153 e. The van der Waals surface area contributed by atoms with Crippen molar-refractivity contribution >= 4 is 0 Å². The van der Waals surface area contributed by atoms with E-state index >= 15 is 0 Å². The lowest BCUT2D eigenvalue weighted by molar-refractivity contribution is -0.317. The van der Waals surface area contributed by atoms with Crippen LogP contribution in [-0.2, 0) is 9.78 Å². The molecular weight excluding hydrogens is 108 g/mol. The summed E-state index contributed by atoms with van der Waals surface area (Å²) >= 11 is 0. The van der Waals surface area contributed by atoms with Crippen LogP contribution in [0.1, 0.15) is 6.92 Å². The zero-order chi connectivity index (χ0) is 6.41. The molecule has 1 unspecified atom stereocenters. The highest BCUT2D eigenvalue weighted by Crippen LogP contribution is 1.79. The summed E-state index contributed by atoms with van der Waals surface area (Å²) in [7, 11) is 0. The van der Waals surface area contributed by atoms with Crippen LogP contribution in [0.25, 0.3) is 0 Å². The van der Waals surface area contributed by atoms with Crippen molar-refractivity contribution in [3.8, 4) is 0 Å². The Kier molecular flexibility index (Phi) is 4.89. The van der Waals surface area contributed by atoms with Crippen LogP contribution >= 0.6 is 0 Å². The molecule has 0 aromatic rings. The molecule has 4 nitrogen and oxygen atoms in total. The molecule has 0 aliphatic carbocycles. The standard InChI is InChI=1S/C4H12N2O2/c1-2-7-8-4(6)3-5/h4H,2-3,5-6H2,1H3. The van der Waals surface area contributed by atoms with E-state index in [0.29, 0.717) is 6.61 Å². The highest BCUT2D eigenvalue weighted by Gasteiger charge is 1.95. The molecule has 0 spiro atoms. The van der Waals surface area contributed by atoms with Crippen LogP contribution in [0.5, 0.6) is 0 Å². The average molecular weight is 120 g/mol. The lowest BCUT2D eigenvalue weighted by Crippen LogP contribution is -2.32. The third kappa shape index (κ3) is 4.01. The molecule has 0 heterocycles. The molecule has 0 aliphatic heterocycles. The highest BCUT2D eigenvalue weighted by molar-refractivity contribution is 4.40. The molecule has 0 aromatic heterocycles. The third-order valence-electron chi connectivity index (χ3n) is 0.542. The van der Waals surface area contributed by atoms with Gasteiger partial charge in [-0.2, -0.15) is 0 Å². The van der Waals surface area contributed by atoms with E-state index in [1.54, 1.807) is 0 Å². The van der Waals surface area contributed by atoms with E-state index in [-0.39, 0.29) is 6.54 Å². The fourth-order valence-electron chi connectivity index (χ4n) is 0.195. The molecule has 4 heteroatoms. The van der Waals surface area contributed by atoms with Crippen molar-refractivity contribution in [2.75, 3.05) is 13.2 Å². The predicted octanol–water partition coefficient (Wildman–Crippen LogP) is -0.802. The monoisotopic (exact) mass is 120 g/mol. The molecule has 0 saturated carbocycles. The van der Waals surface area contributed by atoms with E-state index in [1.807, 2.05) is 6.92 Å². The van der Waals surface area contributed by atoms with Crippen molar-refractivity contribution in [2.45, 2.75) is 13.2 Å². The Balaban J connectivity index is 2.86. The van der Waals surface area contributed by atoms with Crippen LogP contribution in [0.4, 0.5) is 0 Å². The number of hydrogen-bond acceptors (Lipinski definition) is 4. The van der Waals surface area contributed by atoms with E-state index < -0.39 is 6.23 Å². The van der Waals surface area contributed by atoms with Gasteiger partial charge in [-0.15, -0.1) is 0 Å². The smallest absolute Gasteiger partial charge is 0.153 e. The summed E-state index contributed by atoms with van der Waals surface area (Å²) in [6, 6.07) is 0. The summed E-state index contributed by atoms with van der Waals surface area (Å²) in [6.45, 7) is 2.58. The molecule has 0 amide bonds. The largest absolute Gasteiger partial charge is 0.327 e. The molecule has 0 aliphatic rings. The zero-order valence-corrected chi connectivity index (χ0v) is 4.96. The van der Waals surface area contributed by atoms with Gasteiger partial charge < -0.3 is 11.5 Å². The van der Waals surface area contributed by atoms with Gasteiger partial charge in [-0.1, -0.05) is 0 Å². The van der Waals surface area contributed by atoms with Crippen molar-refractivity contribution in [1.29, 1.82) is 0 Å². The summed E-state index contributed by atoms with van der Waals surface area (Å²) in [5.41, 5.74) is 10.3. The van der Waals surface area contributed by atoms with Crippen LogP contribution in [0.3, 0.4) is 0 Å². The van der Waals surface area contributed by atoms with E-state index in [4.69, 9.17) is 11.5 Å². The van der Waals surface area contributed by atoms with Crippen LogP contribution in [-0.4, -0.2) is 19.4 Å². The predicted molar refractivity (Wildman–Crippen MR) is 29.7 cm³/mol. The van der Waals surface area contributed by atoms with E-state index in [9.17, 15) is 0 Å². The van der Waals surface area contributed by atoms with E-state index in [2.05, 4.69) is 9.78 Å². The Hall–Kier alpha value is -0.160. The first-order chi connectivity index (χ1) is 3.81. The van der Waals surface area contributed by atoms with Crippen molar-refractivity contribution in [2.24, 2.45) is 11.5 Å². The topological polar surface area (TPSA) is 70.5 Å². The first kappa shape index (κ1) is 7.84. The van der Waals surface area contributed by atoms with Gasteiger partial charge in [0.1, 0.15) is 0 Å². The third-order valence-corrected chi connectivity index (χ3v) is 0.542. The zero-order valence-electron chi connectivity index (χ0n) is 4.96. The highest BCUT2D eigenvalue weighted by atomic mass is 17.2. The van der Waals surface area contributed by atoms with Gasteiger partial charge in [0.25, 0.3) is 0 Å². The Labute approximate surface area is 48.7 Å². The number of rotatable bonds is 4. The molecule has 0 rings (SSSR count). The van der Waals surface area contributed by atoms with Crippen LogP contribution in [0.2, 0.25) is 0 Å². The molecule has 0 bridgehead atoms. The van der Waals surface area contributed by atoms with Crippen LogP contribution in [0.15, 0.2) is 0 Å². The minimum atomic E-state index is -0.491. The van der Waals surface area contributed by atoms with Gasteiger partial charge >= 0.3 is 0 Å². The van der Waals surface area contributed by atoms with E-state index in [1.165, 1.54) is 0 Å². The maximum atomic E-state index is 5.19. The van der Waals surface area contributed by atoms with Crippen molar-refractivity contribution in [1.82, 2.24) is 0 Å². The summed E-state index contributed by atoms with van der Waals surface area (Å²) in [4.78, 5) is 8.97. The Morgan fingerprint density at radius 2 is 2.25 bits per heavy atom. The van der Waals surface area contributed by atoms with Crippen LogP contribution in [0, 0.1) is 0 Å². The maximum absolute atomic E-state index is 5.19. The molecule has 0 radical (unpaired) electrons. The van der Waals surface area contributed by atoms with Crippen LogP contribution < -0.4 is 11.5 Å². The first-order valence-corrected chi connectivity index (χ1v) is 2.55. The Morgan fingerprint density at radius 1 is 1.62 bits per heavy atom. The SMILES string of the molecule is CCOOC(N)CN. The summed E-state index contributed by atoms with van der Waals surface area (Å²) in [5, 5.41) is 0. The molecule has 4 N–H and O–H groups in total. The van der Waals surface area contributed by atoms with Gasteiger partial charge in [0.2, 0.25) is 0 Å².